The number of carbonyl (C=O) groups is 1. The molecule has 0 spiro atoms. The van der Waals surface area contributed by atoms with Gasteiger partial charge in [-0.1, -0.05) is 41.9 Å². The second-order valence-electron chi connectivity index (χ2n) is 5.76. The summed E-state index contributed by atoms with van der Waals surface area (Å²) in [6, 6.07) is 12.6. The Kier molecular flexibility index (Phi) is 3.58. The van der Waals surface area contributed by atoms with Crippen LogP contribution < -0.4 is 0 Å². The molecule has 0 aliphatic rings. The first-order valence-electron chi connectivity index (χ1n) is 7.64. The Balaban J connectivity index is 1.94. The van der Waals surface area contributed by atoms with E-state index in [-0.39, 0.29) is 23.4 Å². The quantitative estimate of drug-likeness (QED) is 0.511. The highest BCUT2D eigenvalue weighted by Crippen LogP contribution is 2.34. The molecule has 25 heavy (non-hydrogen) atoms. The zero-order valence-corrected chi connectivity index (χ0v) is 13.7. The van der Waals surface area contributed by atoms with Crippen LogP contribution in [0.3, 0.4) is 0 Å². The summed E-state index contributed by atoms with van der Waals surface area (Å²) in [6.07, 6.45) is 2.13. The van der Waals surface area contributed by atoms with E-state index in [0.29, 0.717) is 15.9 Å². The van der Waals surface area contributed by atoms with Crippen LogP contribution in [0.15, 0.2) is 48.7 Å². The lowest BCUT2D eigenvalue weighted by atomic mass is 10.0. The van der Waals surface area contributed by atoms with E-state index < -0.39 is 5.97 Å². The number of nitrogens with one attached hydrogen (secondary N) is 1. The minimum absolute atomic E-state index is 0.178. The first-order chi connectivity index (χ1) is 12.1. The molecule has 0 saturated carbocycles. The summed E-state index contributed by atoms with van der Waals surface area (Å²) in [4.78, 5) is 19.3. The van der Waals surface area contributed by atoms with E-state index in [1.807, 2.05) is 30.5 Å². The highest BCUT2D eigenvalue weighted by molar-refractivity contribution is 6.35. The topological polar surface area (TPSA) is 86.2 Å². The van der Waals surface area contributed by atoms with Gasteiger partial charge in [0.2, 0.25) is 0 Å². The molecule has 0 amide bonds. The van der Waals surface area contributed by atoms with Crippen LogP contribution in [0.1, 0.15) is 21.6 Å². The van der Waals surface area contributed by atoms with Crippen LogP contribution in [0.5, 0.6) is 5.75 Å². The second kappa shape index (κ2) is 5.79. The molecule has 0 fully saturated rings. The smallest absolute Gasteiger partial charge is 0.340 e. The summed E-state index contributed by atoms with van der Waals surface area (Å²) < 4.78 is 0. The number of aromatic nitrogens is 2. The van der Waals surface area contributed by atoms with Gasteiger partial charge < -0.3 is 15.2 Å². The van der Waals surface area contributed by atoms with Gasteiger partial charge in [0.15, 0.2) is 5.75 Å². The van der Waals surface area contributed by atoms with Gasteiger partial charge >= 0.3 is 5.97 Å². The lowest BCUT2D eigenvalue weighted by Gasteiger charge is -2.11. The molecule has 4 aromatic rings. The highest BCUT2D eigenvalue weighted by atomic mass is 35.5. The number of carboxylic acids is 1. The summed E-state index contributed by atoms with van der Waals surface area (Å²) in [5, 5.41) is 21.7. The molecular formula is C19H13ClN2O3. The zero-order chi connectivity index (χ0) is 17.6. The average molecular weight is 353 g/mol. The lowest BCUT2D eigenvalue weighted by molar-refractivity contribution is 0.0695. The third-order valence-electron chi connectivity index (χ3n) is 4.26. The van der Waals surface area contributed by atoms with E-state index >= 15 is 0 Å². The number of fused-ring (bicyclic) bond motifs is 2. The van der Waals surface area contributed by atoms with Crippen LogP contribution in [-0.4, -0.2) is 26.2 Å². The minimum atomic E-state index is -1.22. The molecule has 4 rings (SSSR count). The van der Waals surface area contributed by atoms with Gasteiger partial charge in [0.1, 0.15) is 5.56 Å². The van der Waals surface area contributed by atoms with E-state index in [4.69, 9.17) is 11.6 Å². The van der Waals surface area contributed by atoms with Gasteiger partial charge in [-0.05, 0) is 17.7 Å². The maximum atomic E-state index is 11.7. The van der Waals surface area contributed by atoms with Crippen molar-refractivity contribution < 1.29 is 15.0 Å². The van der Waals surface area contributed by atoms with Gasteiger partial charge in [-0.3, -0.25) is 0 Å². The van der Waals surface area contributed by atoms with Crippen molar-refractivity contribution in [3.8, 4) is 5.75 Å². The normalized spacial score (nSPS) is 11.2. The Morgan fingerprint density at radius 3 is 2.68 bits per heavy atom. The molecule has 2 heterocycles. The molecule has 0 unspecified atom stereocenters. The standard InChI is InChI=1S/C19H13ClN2O3/c20-13-6-3-5-12-16(19(24)25)18(23)15(22-17(12)13)8-10-9-21-14-7-2-1-4-11(10)14/h1-7,9,21,23H,8H2,(H,24,25). The number of hydrogen-bond acceptors (Lipinski definition) is 3. The second-order valence-corrected chi connectivity index (χ2v) is 6.17. The number of pyridine rings is 1. The minimum Gasteiger partial charge on any atom is -0.505 e. The Hall–Kier alpha value is -3.05. The summed E-state index contributed by atoms with van der Waals surface area (Å²) in [6.45, 7) is 0. The fourth-order valence-corrected chi connectivity index (χ4v) is 3.31. The molecule has 6 heteroatoms. The van der Waals surface area contributed by atoms with Crippen molar-refractivity contribution in [2.75, 3.05) is 0 Å². The highest BCUT2D eigenvalue weighted by Gasteiger charge is 2.21. The van der Waals surface area contributed by atoms with Crippen molar-refractivity contribution in [2.45, 2.75) is 6.42 Å². The Morgan fingerprint density at radius 1 is 1.12 bits per heavy atom. The van der Waals surface area contributed by atoms with Crippen LogP contribution in [-0.2, 0) is 6.42 Å². The Bertz CT molecular complexity index is 1130. The summed E-state index contributed by atoms with van der Waals surface area (Å²) >= 11 is 6.19. The van der Waals surface area contributed by atoms with Crippen LogP contribution in [0.2, 0.25) is 5.02 Å². The number of aromatic amines is 1. The molecule has 0 atom stereocenters. The number of benzene rings is 2. The van der Waals surface area contributed by atoms with E-state index in [1.165, 1.54) is 0 Å². The largest absolute Gasteiger partial charge is 0.505 e. The molecule has 0 bridgehead atoms. The number of nitrogens with zero attached hydrogens (tertiary/aromatic N) is 1. The maximum absolute atomic E-state index is 11.7. The summed E-state index contributed by atoms with van der Waals surface area (Å²) in [5.74, 6) is -1.54. The molecule has 2 aromatic carbocycles. The number of para-hydroxylation sites is 2. The van der Waals surface area contributed by atoms with Crippen molar-refractivity contribution in [1.29, 1.82) is 0 Å². The lowest BCUT2D eigenvalue weighted by Crippen LogP contribution is -2.04. The van der Waals surface area contributed by atoms with E-state index in [0.717, 1.165) is 16.5 Å². The number of carboxylic acid groups (broad SMARTS) is 1. The fraction of sp³-hybridized carbons (Fsp3) is 0.0526. The molecule has 3 N–H and O–H groups in total. The first-order valence-corrected chi connectivity index (χ1v) is 8.02. The molecule has 2 aromatic heterocycles. The Morgan fingerprint density at radius 2 is 1.88 bits per heavy atom. The van der Waals surface area contributed by atoms with E-state index in [1.54, 1.807) is 18.2 Å². The van der Waals surface area contributed by atoms with Crippen molar-refractivity contribution in [3.63, 3.8) is 0 Å². The van der Waals surface area contributed by atoms with Gasteiger partial charge in [-0.15, -0.1) is 0 Å². The molecular weight excluding hydrogens is 340 g/mol. The van der Waals surface area contributed by atoms with Crippen molar-refractivity contribution >= 4 is 39.4 Å². The SMILES string of the molecule is O=C(O)c1c(O)c(Cc2c[nH]c3ccccc23)nc2c(Cl)cccc12. The van der Waals surface area contributed by atoms with E-state index in [9.17, 15) is 15.0 Å². The van der Waals surface area contributed by atoms with Gasteiger partial charge in [-0.25, -0.2) is 9.78 Å². The number of rotatable bonds is 3. The van der Waals surface area contributed by atoms with Crippen LogP contribution in [0.25, 0.3) is 21.8 Å². The van der Waals surface area contributed by atoms with Crippen molar-refractivity contribution in [1.82, 2.24) is 9.97 Å². The average Bonchev–Trinajstić information content (AvgIpc) is 2.99. The summed E-state index contributed by atoms with van der Waals surface area (Å²) in [7, 11) is 0. The number of aromatic hydroxyl groups is 1. The van der Waals surface area contributed by atoms with Crippen LogP contribution in [0.4, 0.5) is 0 Å². The molecule has 0 aliphatic heterocycles. The number of H-pyrrole nitrogens is 1. The molecule has 0 aliphatic carbocycles. The summed E-state index contributed by atoms with van der Waals surface area (Å²) in [5.41, 5.74) is 2.36. The first kappa shape index (κ1) is 15.5. The fourth-order valence-electron chi connectivity index (χ4n) is 3.09. The molecule has 0 saturated heterocycles. The van der Waals surface area contributed by atoms with Gasteiger partial charge in [0.05, 0.1) is 16.2 Å². The third kappa shape index (κ3) is 2.49. The Labute approximate surface area is 147 Å². The van der Waals surface area contributed by atoms with Crippen molar-refractivity contribution in [2.24, 2.45) is 0 Å². The third-order valence-corrected chi connectivity index (χ3v) is 4.56. The predicted molar refractivity (Wildman–Crippen MR) is 96.5 cm³/mol. The molecule has 124 valence electrons. The predicted octanol–water partition coefficient (Wildman–Crippen LogP) is 4.36. The molecule has 0 radical (unpaired) electrons. The van der Waals surface area contributed by atoms with Crippen LogP contribution in [0, 0.1) is 0 Å². The monoisotopic (exact) mass is 352 g/mol. The van der Waals surface area contributed by atoms with Gasteiger partial charge in [0, 0.05) is 28.9 Å². The van der Waals surface area contributed by atoms with Gasteiger partial charge in [-0.2, -0.15) is 0 Å². The number of aromatic carboxylic acids is 1. The number of hydrogen-bond donors (Lipinski definition) is 3. The van der Waals surface area contributed by atoms with E-state index in [2.05, 4.69) is 9.97 Å². The van der Waals surface area contributed by atoms with Crippen LogP contribution >= 0.6 is 11.6 Å². The molecule has 5 nitrogen and oxygen atoms in total. The van der Waals surface area contributed by atoms with Crippen molar-refractivity contribution in [3.05, 3.63) is 70.5 Å². The van der Waals surface area contributed by atoms with Gasteiger partial charge in [0.25, 0.3) is 0 Å². The number of halogens is 1. The zero-order valence-electron chi connectivity index (χ0n) is 13.0. The maximum Gasteiger partial charge on any atom is 0.340 e.